The molecule has 1 saturated heterocycles. The largest absolute Gasteiger partial charge is 0.474 e. The molecular formula is C23H33N5O3S. The van der Waals surface area contributed by atoms with Crippen LogP contribution in [0.5, 0.6) is 5.88 Å². The average Bonchev–Trinajstić information content (AvgIpc) is 3.35. The van der Waals surface area contributed by atoms with Gasteiger partial charge >= 0.3 is 0 Å². The van der Waals surface area contributed by atoms with Gasteiger partial charge < -0.3 is 20.5 Å². The number of carbonyl (C=O) groups is 1. The second-order valence-corrected chi connectivity index (χ2v) is 10.7. The number of piperazine rings is 1. The number of carbonyl (C=O) groups excluding carboxylic acids is 1. The lowest BCUT2D eigenvalue weighted by Crippen LogP contribution is -2.50. The third-order valence-corrected chi connectivity index (χ3v) is 8.68. The van der Waals surface area contributed by atoms with Crippen molar-refractivity contribution in [2.45, 2.75) is 69.1 Å². The van der Waals surface area contributed by atoms with Gasteiger partial charge in [0.2, 0.25) is 11.8 Å². The molecule has 2 aromatic heterocycles. The number of rotatable bonds is 6. The molecule has 3 aliphatic rings. The summed E-state index contributed by atoms with van der Waals surface area (Å²) in [6.45, 7) is 4.64. The highest BCUT2D eigenvalue weighted by molar-refractivity contribution is 7.19. The van der Waals surface area contributed by atoms with Crippen LogP contribution in [-0.2, 0) is 11.2 Å². The van der Waals surface area contributed by atoms with E-state index < -0.39 is 12.0 Å². The first-order valence-corrected chi connectivity index (χ1v) is 12.6. The molecule has 0 radical (unpaired) electrons. The van der Waals surface area contributed by atoms with Crippen LogP contribution in [0.4, 0.5) is 0 Å². The number of fused-ring (bicyclic) bond motifs is 3. The molecule has 2 atom stereocenters. The van der Waals surface area contributed by atoms with Crippen molar-refractivity contribution in [3.05, 3.63) is 16.8 Å². The van der Waals surface area contributed by atoms with Gasteiger partial charge in [0.05, 0.1) is 5.39 Å². The molecule has 1 amide bonds. The first-order chi connectivity index (χ1) is 15.5. The Morgan fingerprint density at radius 3 is 2.69 bits per heavy atom. The standard InChI is InChI=1S/C23H33N5O3S/c1-27-8-10-28(11-9-27)15-3-5-16(6-4-15)31-22-20-19-14(12-17(29)21(24)30)2-7-18(19)32-23(20)26-13-25-22/h13-17,29H,2-12H2,1H3,(H2,24,30)/t14-,15?,16?,17+/m1/s1. The highest BCUT2D eigenvalue weighted by Crippen LogP contribution is 2.47. The normalized spacial score (nSPS) is 28.0. The molecule has 2 aliphatic carbocycles. The van der Waals surface area contributed by atoms with Crippen LogP contribution in [-0.4, -0.2) is 82.3 Å². The van der Waals surface area contributed by atoms with Crippen LogP contribution in [0, 0.1) is 0 Å². The van der Waals surface area contributed by atoms with E-state index in [-0.39, 0.29) is 12.0 Å². The second kappa shape index (κ2) is 9.21. The van der Waals surface area contributed by atoms with Crippen LogP contribution in [0.15, 0.2) is 6.33 Å². The molecule has 3 heterocycles. The number of nitrogens with two attached hydrogens (primary N) is 1. The van der Waals surface area contributed by atoms with Crippen LogP contribution in [0.25, 0.3) is 10.2 Å². The number of amides is 1. The molecule has 2 aromatic rings. The summed E-state index contributed by atoms with van der Waals surface area (Å²) in [5, 5.41) is 11.0. The van der Waals surface area contributed by atoms with Crippen molar-refractivity contribution in [3.63, 3.8) is 0 Å². The van der Waals surface area contributed by atoms with E-state index in [1.165, 1.54) is 18.0 Å². The van der Waals surface area contributed by atoms with E-state index in [2.05, 4.69) is 26.8 Å². The van der Waals surface area contributed by atoms with E-state index in [0.29, 0.717) is 18.3 Å². The molecule has 1 aliphatic heterocycles. The Morgan fingerprint density at radius 1 is 1.22 bits per heavy atom. The molecular weight excluding hydrogens is 426 g/mol. The number of likely N-dealkylation sites (N-methyl/N-ethyl adjacent to an activating group) is 1. The Morgan fingerprint density at radius 2 is 1.97 bits per heavy atom. The van der Waals surface area contributed by atoms with E-state index in [1.54, 1.807) is 17.7 Å². The highest BCUT2D eigenvalue weighted by Gasteiger charge is 2.34. The Bertz CT molecular complexity index is 966. The number of aromatic nitrogens is 2. The van der Waals surface area contributed by atoms with Gasteiger partial charge in [0.15, 0.2) is 0 Å². The van der Waals surface area contributed by atoms with E-state index in [1.807, 2.05) is 0 Å². The van der Waals surface area contributed by atoms with E-state index in [4.69, 9.17) is 10.5 Å². The topological polar surface area (TPSA) is 105 Å². The van der Waals surface area contributed by atoms with Gasteiger partial charge in [-0.2, -0.15) is 0 Å². The lowest BCUT2D eigenvalue weighted by Gasteiger charge is -2.41. The molecule has 174 valence electrons. The van der Waals surface area contributed by atoms with Crippen molar-refractivity contribution in [1.82, 2.24) is 19.8 Å². The predicted octanol–water partition coefficient (Wildman–Crippen LogP) is 1.89. The maximum absolute atomic E-state index is 11.4. The first kappa shape index (κ1) is 22.0. The van der Waals surface area contributed by atoms with E-state index >= 15 is 0 Å². The summed E-state index contributed by atoms with van der Waals surface area (Å²) in [4.78, 5) is 27.7. The second-order valence-electron chi connectivity index (χ2n) is 9.57. The maximum atomic E-state index is 11.4. The van der Waals surface area contributed by atoms with Crippen molar-refractivity contribution >= 4 is 27.5 Å². The molecule has 3 N–H and O–H groups in total. The number of primary amides is 1. The highest BCUT2D eigenvalue weighted by atomic mass is 32.1. The van der Waals surface area contributed by atoms with Gasteiger partial charge in [-0.05, 0) is 63.5 Å². The Kier molecular flexibility index (Phi) is 6.33. The summed E-state index contributed by atoms with van der Waals surface area (Å²) in [5.74, 6) is 0.0846. The Hall–Kier alpha value is -1.81. The zero-order valence-corrected chi connectivity index (χ0v) is 19.5. The van der Waals surface area contributed by atoms with Crippen LogP contribution < -0.4 is 10.5 Å². The van der Waals surface area contributed by atoms with E-state index in [0.717, 1.165) is 67.4 Å². The summed E-state index contributed by atoms with van der Waals surface area (Å²) in [7, 11) is 2.20. The molecule has 32 heavy (non-hydrogen) atoms. The summed E-state index contributed by atoms with van der Waals surface area (Å²) in [5.41, 5.74) is 6.47. The number of ether oxygens (including phenoxy) is 1. The van der Waals surface area contributed by atoms with Crippen molar-refractivity contribution in [2.75, 3.05) is 33.2 Å². The molecule has 0 unspecified atom stereocenters. The summed E-state index contributed by atoms with van der Waals surface area (Å²) < 4.78 is 6.48. The van der Waals surface area contributed by atoms with Crippen LogP contribution in [0.1, 0.15) is 54.9 Å². The van der Waals surface area contributed by atoms with Gasteiger partial charge in [-0.25, -0.2) is 9.97 Å². The summed E-state index contributed by atoms with van der Waals surface area (Å²) >= 11 is 1.68. The zero-order chi connectivity index (χ0) is 22.2. The molecule has 0 bridgehead atoms. The maximum Gasteiger partial charge on any atom is 0.246 e. The first-order valence-electron chi connectivity index (χ1n) is 11.8. The smallest absolute Gasteiger partial charge is 0.246 e. The molecule has 2 fully saturated rings. The summed E-state index contributed by atoms with van der Waals surface area (Å²) in [6, 6.07) is 0.666. The zero-order valence-electron chi connectivity index (χ0n) is 18.7. The van der Waals surface area contributed by atoms with Gasteiger partial charge in [-0.3, -0.25) is 9.69 Å². The van der Waals surface area contributed by atoms with Gasteiger partial charge in [-0.1, -0.05) is 0 Å². The minimum absolute atomic E-state index is 0.0857. The minimum Gasteiger partial charge on any atom is -0.474 e. The number of hydrogen-bond acceptors (Lipinski definition) is 8. The molecule has 0 aromatic carbocycles. The third-order valence-electron chi connectivity index (χ3n) is 7.51. The Labute approximate surface area is 192 Å². The summed E-state index contributed by atoms with van der Waals surface area (Å²) in [6.07, 6.45) is 7.23. The quantitative estimate of drug-likeness (QED) is 0.680. The average molecular weight is 460 g/mol. The van der Waals surface area contributed by atoms with Crippen LogP contribution in [0.2, 0.25) is 0 Å². The van der Waals surface area contributed by atoms with Crippen molar-refractivity contribution < 1.29 is 14.6 Å². The fourth-order valence-corrected chi connectivity index (χ4v) is 6.86. The lowest BCUT2D eigenvalue weighted by molar-refractivity contribution is -0.126. The number of aliphatic hydroxyl groups is 1. The predicted molar refractivity (Wildman–Crippen MR) is 124 cm³/mol. The van der Waals surface area contributed by atoms with Crippen LogP contribution in [0.3, 0.4) is 0 Å². The number of nitrogens with zero attached hydrogens (tertiary/aromatic N) is 4. The number of aryl methyl sites for hydroxylation is 1. The van der Waals surface area contributed by atoms with Gasteiger partial charge in [0.1, 0.15) is 23.4 Å². The Balaban J connectivity index is 1.29. The molecule has 9 heteroatoms. The van der Waals surface area contributed by atoms with Gasteiger partial charge in [0.25, 0.3) is 0 Å². The van der Waals surface area contributed by atoms with Gasteiger partial charge in [-0.15, -0.1) is 11.3 Å². The number of aliphatic hydroxyl groups excluding tert-OH is 1. The molecule has 0 spiro atoms. The van der Waals surface area contributed by atoms with Crippen molar-refractivity contribution in [1.29, 1.82) is 0 Å². The fraction of sp³-hybridized carbons (Fsp3) is 0.696. The molecule has 5 rings (SSSR count). The molecule has 8 nitrogen and oxygen atoms in total. The van der Waals surface area contributed by atoms with Crippen molar-refractivity contribution in [2.24, 2.45) is 5.73 Å². The molecule has 1 saturated carbocycles. The van der Waals surface area contributed by atoms with Crippen LogP contribution >= 0.6 is 11.3 Å². The SMILES string of the molecule is CN1CCN(C2CCC(Oc3ncnc4sc5c(c34)[C@@H](C[C@H](O)C(N)=O)CC5)CC2)CC1. The number of thiophene rings is 1. The number of hydrogen-bond donors (Lipinski definition) is 2. The monoisotopic (exact) mass is 459 g/mol. The van der Waals surface area contributed by atoms with Crippen molar-refractivity contribution in [3.8, 4) is 5.88 Å². The lowest BCUT2D eigenvalue weighted by atomic mass is 9.91. The van der Waals surface area contributed by atoms with E-state index in [9.17, 15) is 9.90 Å². The third kappa shape index (κ3) is 4.35. The fourth-order valence-electron chi connectivity index (χ4n) is 5.62. The van der Waals surface area contributed by atoms with Gasteiger partial charge in [0, 0.05) is 37.1 Å². The minimum atomic E-state index is -1.13.